The number of carbonyl (C=O) groups excluding carboxylic acids is 1. The van der Waals surface area contributed by atoms with Crippen LogP contribution < -0.4 is 5.32 Å². The Bertz CT molecular complexity index is 891. The second kappa shape index (κ2) is 6.40. The molecule has 10 heteroatoms. The first-order chi connectivity index (χ1) is 11.3. The third-order valence-electron chi connectivity index (χ3n) is 3.54. The fourth-order valence-electron chi connectivity index (χ4n) is 1.99. The first kappa shape index (κ1) is 17.3. The molecule has 1 heterocycles. The second-order valence-electron chi connectivity index (χ2n) is 5.61. The number of nitrogens with zero attached hydrogens (tertiary/aromatic N) is 3. The van der Waals surface area contributed by atoms with Crippen LogP contribution in [0.4, 0.5) is 5.13 Å². The molecule has 1 aliphatic rings. The summed E-state index contributed by atoms with van der Waals surface area (Å²) in [4.78, 5) is 12.2. The largest absolute Gasteiger partial charge is 0.296 e. The Morgan fingerprint density at radius 3 is 2.67 bits per heavy atom. The van der Waals surface area contributed by atoms with Gasteiger partial charge in [0.1, 0.15) is 9.90 Å². The number of nitrogens with one attached hydrogen (secondary N) is 1. The van der Waals surface area contributed by atoms with Crippen LogP contribution in [0.25, 0.3) is 0 Å². The van der Waals surface area contributed by atoms with Crippen LogP contribution in [-0.2, 0) is 10.0 Å². The summed E-state index contributed by atoms with van der Waals surface area (Å²) in [5.74, 6) is 0.000825. The molecular formula is C14H15ClN4O3S2. The lowest BCUT2D eigenvalue weighted by molar-refractivity contribution is 0.102. The van der Waals surface area contributed by atoms with Gasteiger partial charge in [0.2, 0.25) is 15.2 Å². The van der Waals surface area contributed by atoms with Crippen molar-refractivity contribution in [2.24, 2.45) is 0 Å². The molecule has 1 amide bonds. The van der Waals surface area contributed by atoms with Gasteiger partial charge in [-0.1, -0.05) is 22.9 Å². The topological polar surface area (TPSA) is 92.3 Å². The van der Waals surface area contributed by atoms with Gasteiger partial charge in [0, 0.05) is 25.6 Å². The van der Waals surface area contributed by atoms with Gasteiger partial charge in [0.15, 0.2) is 0 Å². The standard InChI is InChI=1S/C14H15ClN4O3S2/c1-19(2)24(21,22)11-7-9(5-6-10(11)15)12(20)16-14-18-17-13(23-14)8-3-4-8/h5-8H,3-4H2,1-2H3,(H,16,18,20). The van der Waals surface area contributed by atoms with E-state index in [0.717, 1.165) is 22.2 Å². The maximum atomic E-state index is 12.3. The Morgan fingerprint density at radius 1 is 1.33 bits per heavy atom. The third-order valence-corrected chi connectivity index (χ3v) is 6.84. The van der Waals surface area contributed by atoms with Crippen molar-refractivity contribution >= 4 is 44.0 Å². The molecular weight excluding hydrogens is 372 g/mol. The van der Waals surface area contributed by atoms with Gasteiger partial charge in [-0.05, 0) is 31.0 Å². The fourth-order valence-corrected chi connectivity index (χ4v) is 4.29. The van der Waals surface area contributed by atoms with E-state index in [9.17, 15) is 13.2 Å². The average Bonchev–Trinajstić information content (AvgIpc) is 3.27. The SMILES string of the molecule is CN(C)S(=O)(=O)c1cc(C(=O)Nc2nnc(C3CC3)s2)ccc1Cl. The highest BCUT2D eigenvalue weighted by Gasteiger charge is 2.28. The molecule has 1 aliphatic carbocycles. The molecule has 1 aromatic heterocycles. The lowest BCUT2D eigenvalue weighted by atomic mass is 10.2. The summed E-state index contributed by atoms with van der Waals surface area (Å²) in [5, 5.41) is 12.0. The van der Waals surface area contributed by atoms with Gasteiger partial charge in [-0.25, -0.2) is 12.7 Å². The van der Waals surface area contributed by atoms with Crippen LogP contribution in [0, 0.1) is 0 Å². The number of carbonyl (C=O) groups is 1. The van der Waals surface area contributed by atoms with Crippen molar-refractivity contribution in [2.45, 2.75) is 23.7 Å². The number of sulfonamides is 1. The first-order valence-electron chi connectivity index (χ1n) is 7.16. The number of anilines is 1. The molecule has 1 N–H and O–H groups in total. The van der Waals surface area contributed by atoms with Crippen LogP contribution in [0.1, 0.15) is 34.1 Å². The molecule has 2 aromatic rings. The quantitative estimate of drug-likeness (QED) is 0.852. The average molecular weight is 387 g/mol. The van der Waals surface area contributed by atoms with Crippen molar-refractivity contribution in [2.75, 3.05) is 19.4 Å². The minimum Gasteiger partial charge on any atom is -0.296 e. The van der Waals surface area contributed by atoms with Crippen LogP contribution >= 0.6 is 22.9 Å². The van der Waals surface area contributed by atoms with E-state index in [1.807, 2.05) is 0 Å². The predicted octanol–water partition coefficient (Wildman–Crippen LogP) is 2.57. The highest BCUT2D eigenvalue weighted by Crippen LogP contribution is 2.42. The number of hydrogen-bond donors (Lipinski definition) is 1. The van der Waals surface area contributed by atoms with E-state index >= 15 is 0 Å². The number of halogens is 1. The van der Waals surface area contributed by atoms with E-state index in [1.54, 1.807) is 0 Å². The van der Waals surface area contributed by atoms with Gasteiger partial charge in [0.25, 0.3) is 5.91 Å². The zero-order chi connectivity index (χ0) is 17.5. The normalized spacial score (nSPS) is 14.8. The van der Waals surface area contributed by atoms with Gasteiger partial charge in [0.05, 0.1) is 5.02 Å². The van der Waals surface area contributed by atoms with E-state index in [1.165, 1.54) is 43.6 Å². The Labute approximate surface area is 148 Å². The molecule has 1 fully saturated rings. The number of amides is 1. The molecule has 0 radical (unpaired) electrons. The van der Waals surface area contributed by atoms with Crippen molar-refractivity contribution in [3.63, 3.8) is 0 Å². The van der Waals surface area contributed by atoms with Crippen molar-refractivity contribution in [1.82, 2.24) is 14.5 Å². The van der Waals surface area contributed by atoms with Gasteiger partial charge in [-0.2, -0.15) is 0 Å². The highest BCUT2D eigenvalue weighted by molar-refractivity contribution is 7.89. The zero-order valence-corrected chi connectivity index (χ0v) is 15.4. The predicted molar refractivity (Wildman–Crippen MR) is 92.2 cm³/mol. The van der Waals surface area contributed by atoms with Crippen LogP contribution in [0.2, 0.25) is 5.02 Å². The van der Waals surface area contributed by atoms with Crippen LogP contribution in [0.15, 0.2) is 23.1 Å². The summed E-state index contributed by atoms with van der Waals surface area (Å²) in [6.45, 7) is 0. The first-order valence-corrected chi connectivity index (χ1v) is 9.79. The number of aromatic nitrogens is 2. The highest BCUT2D eigenvalue weighted by atomic mass is 35.5. The van der Waals surface area contributed by atoms with Crippen LogP contribution in [0.3, 0.4) is 0 Å². The molecule has 24 heavy (non-hydrogen) atoms. The molecule has 0 bridgehead atoms. The van der Waals surface area contributed by atoms with Crippen molar-refractivity contribution in [3.8, 4) is 0 Å². The lowest BCUT2D eigenvalue weighted by Crippen LogP contribution is -2.23. The van der Waals surface area contributed by atoms with Crippen molar-refractivity contribution < 1.29 is 13.2 Å². The molecule has 7 nitrogen and oxygen atoms in total. The van der Waals surface area contributed by atoms with Crippen molar-refractivity contribution in [1.29, 1.82) is 0 Å². The van der Waals surface area contributed by atoms with E-state index < -0.39 is 15.9 Å². The third kappa shape index (κ3) is 3.44. The van der Waals surface area contributed by atoms with Gasteiger partial charge < -0.3 is 0 Å². The van der Waals surface area contributed by atoms with E-state index in [-0.39, 0.29) is 15.5 Å². The van der Waals surface area contributed by atoms with Gasteiger partial charge in [-0.15, -0.1) is 10.2 Å². The van der Waals surface area contributed by atoms with Gasteiger partial charge in [-0.3, -0.25) is 10.1 Å². The van der Waals surface area contributed by atoms with Gasteiger partial charge >= 0.3 is 0 Å². The van der Waals surface area contributed by atoms with E-state index in [2.05, 4.69) is 15.5 Å². The Morgan fingerprint density at radius 2 is 2.04 bits per heavy atom. The summed E-state index contributed by atoms with van der Waals surface area (Å²) >= 11 is 7.31. The van der Waals surface area contributed by atoms with Crippen molar-refractivity contribution in [3.05, 3.63) is 33.8 Å². The summed E-state index contributed by atoms with van der Waals surface area (Å²) in [6, 6.07) is 4.12. The summed E-state index contributed by atoms with van der Waals surface area (Å²) in [7, 11) is -0.936. The molecule has 0 aliphatic heterocycles. The summed E-state index contributed by atoms with van der Waals surface area (Å²) in [6.07, 6.45) is 2.21. The Hall–Kier alpha value is -1.55. The molecule has 3 rings (SSSR count). The number of rotatable bonds is 5. The van der Waals surface area contributed by atoms with E-state index in [4.69, 9.17) is 11.6 Å². The molecule has 0 spiro atoms. The summed E-state index contributed by atoms with van der Waals surface area (Å²) < 4.78 is 25.6. The maximum absolute atomic E-state index is 12.3. The summed E-state index contributed by atoms with van der Waals surface area (Å²) in [5.41, 5.74) is 0.183. The second-order valence-corrected chi connectivity index (χ2v) is 9.14. The maximum Gasteiger partial charge on any atom is 0.257 e. The smallest absolute Gasteiger partial charge is 0.257 e. The Kier molecular flexibility index (Phi) is 4.60. The van der Waals surface area contributed by atoms with Crippen LogP contribution in [-0.4, -0.2) is 42.9 Å². The molecule has 128 valence electrons. The Balaban J connectivity index is 1.84. The number of benzene rings is 1. The fraction of sp³-hybridized carbons (Fsp3) is 0.357. The minimum atomic E-state index is -3.74. The minimum absolute atomic E-state index is 0.0622. The van der Waals surface area contributed by atoms with E-state index in [0.29, 0.717) is 11.0 Å². The molecule has 0 atom stereocenters. The molecule has 0 unspecified atom stereocenters. The lowest BCUT2D eigenvalue weighted by Gasteiger charge is -2.13. The molecule has 1 aromatic carbocycles. The van der Waals surface area contributed by atoms with Crippen LogP contribution in [0.5, 0.6) is 0 Å². The monoisotopic (exact) mass is 386 g/mol. The molecule has 1 saturated carbocycles. The number of hydrogen-bond acceptors (Lipinski definition) is 6. The zero-order valence-electron chi connectivity index (χ0n) is 13.0. The molecule has 0 saturated heterocycles.